The molecule has 6 heteroatoms. The quantitative estimate of drug-likeness (QED) is 0.891. The lowest BCUT2D eigenvalue weighted by molar-refractivity contribution is 0.0915. The van der Waals surface area contributed by atoms with Crippen LogP contribution in [0, 0.1) is 5.92 Å². The summed E-state index contributed by atoms with van der Waals surface area (Å²) in [6, 6.07) is 5.32. The van der Waals surface area contributed by atoms with E-state index in [0.717, 1.165) is 12.8 Å². The van der Waals surface area contributed by atoms with Gasteiger partial charge in [0, 0.05) is 18.2 Å². The summed E-state index contributed by atoms with van der Waals surface area (Å²) >= 11 is 0. The number of rotatable bonds is 4. The third-order valence-corrected chi connectivity index (χ3v) is 4.42. The van der Waals surface area contributed by atoms with E-state index in [1.165, 1.54) is 19.3 Å². The Hall–Kier alpha value is -1.46. The van der Waals surface area contributed by atoms with Crippen LogP contribution in [0.4, 0.5) is 0 Å². The summed E-state index contributed by atoms with van der Waals surface area (Å²) in [5.74, 6) is 1.73. The molecule has 3 rings (SSSR count). The van der Waals surface area contributed by atoms with Crippen molar-refractivity contribution < 1.29 is 14.3 Å². The Balaban J connectivity index is 0.00000176. The second kappa shape index (κ2) is 7.70. The molecule has 1 aliphatic carbocycles. The summed E-state index contributed by atoms with van der Waals surface area (Å²) in [7, 11) is 0. The Morgan fingerprint density at radius 3 is 2.68 bits per heavy atom. The van der Waals surface area contributed by atoms with Crippen LogP contribution < -0.4 is 20.5 Å². The van der Waals surface area contributed by atoms with Crippen LogP contribution in [-0.2, 0) is 0 Å². The van der Waals surface area contributed by atoms with Crippen LogP contribution in [0.15, 0.2) is 18.2 Å². The summed E-state index contributed by atoms with van der Waals surface area (Å²) in [5, 5.41) is 3.08. The maximum absolute atomic E-state index is 12.4. The lowest BCUT2D eigenvalue weighted by Crippen LogP contribution is -2.45. The van der Waals surface area contributed by atoms with Crippen molar-refractivity contribution >= 4 is 18.3 Å². The smallest absolute Gasteiger partial charge is 0.251 e. The van der Waals surface area contributed by atoms with Crippen molar-refractivity contribution in [2.45, 2.75) is 38.1 Å². The fourth-order valence-electron chi connectivity index (χ4n) is 3.20. The Bertz CT molecular complexity index is 518. The first-order valence-electron chi connectivity index (χ1n) is 7.68. The Morgan fingerprint density at radius 2 is 1.95 bits per heavy atom. The second-order valence-corrected chi connectivity index (χ2v) is 5.78. The predicted molar refractivity (Wildman–Crippen MR) is 86.7 cm³/mol. The zero-order valence-corrected chi connectivity index (χ0v) is 13.4. The molecule has 5 nitrogen and oxygen atoms in total. The summed E-state index contributed by atoms with van der Waals surface area (Å²) in [4.78, 5) is 12.4. The molecule has 2 aliphatic rings. The lowest BCUT2D eigenvalue weighted by Gasteiger charge is -2.30. The highest BCUT2D eigenvalue weighted by atomic mass is 35.5. The van der Waals surface area contributed by atoms with Crippen molar-refractivity contribution in [1.82, 2.24) is 5.32 Å². The van der Waals surface area contributed by atoms with E-state index in [2.05, 4.69) is 5.32 Å². The molecule has 0 aromatic heterocycles. The maximum Gasteiger partial charge on any atom is 0.251 e. The first-order valence-corrected chi connectivity index (χ1v) is 7.68. The molecule has 1 saturated carbocycles. The molecule has 1 aliphatic heterocycles. The molecule has 0 radical (unpaired) electrons. The van der Waals surface area contributed by atoms with Crippen molar-refractivity contribution in [1.29, 1.82) is 0 Å². The minimum absolute atomic E-state index is 0. The average Bonchev–Trinajstić information content (AvgIpc) is 3.00. The van der Waals surface area contributed by atoms with Crippen LogP contribution in [0.2, 0.25) is 0 Å². The Kier molecular flexibility index (Phi) is 5.91. The molecule has 22 heavy (non-hydrogen) atoms. The van der Waals surface area contributed by atoms with Gasteiger partial charge in [0.2, 0.25) is 6.79 Å². The van der Waals surface area contributed by atoms with Gasteiger partial charge in [0.05, 0.1) is 0 Å². The fourth-order valence-corrected chi connectivity index (χ4v) is 3.20. The number of amides is 1. The van der Waals surface area contributed by atoms with Gasteiger partial charge in [0.1, 0.15) is 0 Å². The highest BCUT2D eigenvalue weighted by Gasteiger charge is 2.25. The number of nitrogens with one attached hydrogen (secondary N) is 1. The summed E-state index contributed by atoms with van der Waals surface area (Å²) in [5.41, 5.74) is 6.45. The molecule has 1 aromatic carbocycles. The van der Waals surface area contributed by atoms with Crippen LogP contribution in [0.3, 0.4) is 0 Å². The normalized spacial score (nSPS) is 18.4. The van der Waals surface area contributed by atoms with Gasteiger partial charge < -0.3 is 20.5 Å². The average molecular weight is 327 g/mol. The summed E-state index contributed by atoms with van der Waals surface area (Å²) < 4.78 is 10.6. The zero-order valence-electron chi connectivity index (χ0n) is 12.5. The van der Waals surface area contributed by atoms with Gasteiger partial charge in [-0.05, 0) is 37.0 Å². The topological polar surface area (TPSA) is 73.6 Å². The summed E-state index contributed by atoms with van der Waals surface area (Å²) in [6.07, 6.45) is 6.08. The molecular weight excluding hydrogens is 304 g/mol. The van der Waals surface area contributed by atoms with Crippen LogP contribution in [0.25, 0.3) is 0 Å². The molecule has 1 amide bonds. The molecule has 1 aromatic rings. The van der Waals surface area contributed by atoms with Crippen LogP contribution in [0.1, 0.15) is 42.5 Å². The van der Waals surface area contributed by atoms with Gasteiger partial charge in [-0.3, -0.25) is 4.79 Å². The van der Waals surface area contributed by atoms with Crippen molar-refractivity contribution in [2.75, 3.05) is 13.3 Å². The van der Waals surface area contributed by atoms with E-state index < -0.39 is 0 Å². The van der Waals surface area contributed by atoms with Gasteiger partial charge in [-0.2, -0.15) is 0 Å². The number of halogens is 1. The van der Waals surface area contributed by atoms with Gasteiger partial charge in [-0.15, -0.1) is 12.4 Å². The molecule has 122 valence electrons. The Morgan fingerprint density at radius 1 is 1.23 bits per heavy atom. The third kappa shape index (κ3) is 3.65. The fraction of sp³-hybridized carbons (Fsp3) is 0.562. The van der Waals surface area contributed by atoms with Crippen LogP contribution in [0.5, 0.6) is 11.5 Å². The number of hydrogen-bond donors (Lipinski definition) is 2. The number of carbonyl (C=O) groups is 1. The second-order valence-electron chi connectivity index (χ2n) is 5.78. The standard InChI is InChI=1S/C16H22N2O3.ClH/c17-9-13(11-4-2-1-3-5-11)18-16(19)12-6-7-14-15(8-12)21-10-20-14;/h6-8,11,13H,1-5,9-10,17H2,(H,18,19);1H. The number of fused-ring (bicyclic) bond motifs is 1. The van der Waals surface area contributed by atoms with Gasteiger partial charge in [-0.1, -0.05) is 19.3 Å². The number of hydrogen-bond acceptors (Lipinski definition) is 4. The van der Waals surface area contributed by atoms with E-state index in [9.17, 15) is 4.79 Å². The van der Waals surface area contributed by atoms with E-state index in [1.54, 1.807) is 18.2 Å². The van der Waals surface area contributed by atoms with Crippen molar-refractivity contribution in [3.63, 3.8) is 0 Å². The van der Waals surface area contributed by atoms with E-state index in [4.69, 9.17) is 15.2 Å². The molecule has 1 unspecified atom stereocenters. The first kappa shape index (κ1) is 16.9. The van der Waals surface area contributed by atoms with Crippen molar-refractivity contribution in [3.8, 4) is 11.5 Å². The van der Waals surface area contributed by atoms with Crippen molar-refractivity contribution in [3.05, 3.63) is 23.8 Å². The molecule has 3 N–H and O–H groups in total. The number of carbonyl (C=O) groups excluding carboxylic acids is 1. The van der Waals surface area contributed by atoms with Gasteiger partial charge in [0.15, 0.2) is 11.5 Å². The number of nitrogens with two attached hydrogens (primary N) is 1. The molecule has 1 fully saturated rings. The zero-order chi connectivity index (χ0) is 14.7. The molecule has 0 saturated heterocycles. The maximum atomic E-state index is 12.4. The Labute approximate surface area is 137 Å². The molecular formula is C16H23ClN2O3. The van der Waals surface area contributed by atoms with E-state index in [0.29, 0.717) is 29.5 Å². The number of ether oxygens (including phenoxy) is 2. The van der Waals surface area contributed by atoms with E-state index in [1.807, 2.05) is 0 Å². The van der Waals surface area contributed by atoms with Crippen molar-refractivity contribution in [2.24, 2.45) is 11.7 Å². The summed E-state index contributed by atoms with van der Waals surface area (Å²) in [6.45, 7) is 0.703. The van der Waals surface area contributed by atoms with E-state index >= 15 is 0 Å². The van der Waals surface area contributed by atoms with Gasteiger partial charge in [-0.25, -0.2) is 0 Å². The lowest BCUT2D eigenvalue weighted by atomic mass is 9.84. The molecule has 0 spiro atoms. The minimum Gasteiger partial charge on any atom is -0.454 e. The first-order chi connectivity index (χ1) is 10.3. The third-order valence-electron chi connectivity index (χ3n) is 4.42. The minimum atomic E-state index is -0.0886. The van der Waals surface area contributed by atoms with E-state index in [-0.39, 0.29) is 31.1 Å². The highest BCUT2D eigenvalue weighted by Crippen LogP contribution is 2.32. The largest absolute Gasteiger partial charge is 0.454 e. The molecule has 0 bridgehead atoms. The highest BCUT2D eigenvalue weighted by molar-refractivity contribution is 5.95. The number of benzene rings is 1. The van der Waals surface area contributed by atoms with Crippen LogP contribution in [-0.4, -0.2) is 25.3 Å². The van der Waals surface area contributed by atoms with Gasteiger partial charge >= 0.3 is 0 Å². The van der Waals surface area contributed by atoms with Crippen LogP contribution >= 0.6 is 12.4 Å². The monoisotopic (exact) mass is 326 g/mol. The van der Waals surface area contributed by atoms with Gasteiger partial charge in [0.25, 0.3) is 5.91 Å². The predicted octanol–water partition coefficient (Wildman–Crippen LogP) is 2.47. The molecule has 1 heterocycles. The SMILES string of the molecule is Cl.NCC(NC(=O)c1ccc2c(c1)OCO2)C1CCCCC1. The molecule has 1 atom stereocenters.